The van der Waals surface area contributed by atoms with E-state index in [-0.39, 0.29) is 39.2 Å². The SMILES string of the molecule is NC(CO)(CO)CO.Nc1nccc(Oc2ccc(NC(=O)c3cn(COP(=O)(O)O)cc(-c4ccc(F)cc4)c3=O)cc2F)c1Cl. The van der Waals surface area contributed by atoms with Crippen LogP contribution in [0.4, 0.5) is 20.3 Å². The lowest BCUT2D eigenvalue weighted by molar-refractivity contribution is 0.0697. The summed E-state index contributed by atoms with van der Waals surface area (Å²) in [4.78, 5) is 48.0. The van der Waals surface area contributed by atoms with Crippen molar-refractivity contribution in [2.24, 2.45) is 5.73 Å². The lowest BCUT2D eigenvalue weighted by Crippen LogP contribution is -2.50. The molecule has 2 aromatic carbocycles. The molecule has 0 saturated carbocycles. The highest BCUT2D eigenvalue weighted by Gasteiger charge is 2.21. The molecule has 0 aliphatic carbocycles. The van der Waals surface area contributed by atoms with Crippen LogP contribution in [0, 0.1) is 11.6 Å². The lowest BCUT2D eigenvalue weighted by atomic mass is 10.0. The van der Waals surface area contributed by atoms with Crippen molar-refractivity contribution in [3.05, 3.63) is 99.6 Å². The average Bonchev–Trinajstić information content (AvgIpc) is 3.04. The van der Waals surface area contributed by atoms with Gasteiger partial charge in [0.25, 0.3) is 5.91 Å². The number of hydrogen-bond acceptors (Lipinski definition) is 11. The second-order valence-electron chi connectivity index (χ2n) is 9.73. The summed E-state index contributed by atoms with van der Waals surface area (Å²) in [5.41, 5.74) is 8.40. The van der Waals surface area contributed by atoms with Gasteiger partial charge in [-0.25, -0.2) is 18.3 Å². The van der Waals surface area contributed by atoms with Crippen LogP contribution in [0.15, 0.2) is 71.9 Å². The zero-order valence-corrected chi connectivity index (χ0v) is 25.7. The first-order chi connectivity index (χ1) is 22.1. The van der Waals surface area contributed by atoms with E-state index in [4.69, 9.17) is 52.9 Å². The number of benzene rings is 2. The molecular formula is C28H29ClF2N5O10P. The standard InChI is InChI=1S/C24H18ClF2N4O7P.C4H11NO3/c25-21-20(7-8-29-23(21)28)38-19-6-5-15(9-18(19)27)30-24(33)17-11-31(12-37-39(34,35)36)10-16(22(17)32)13-1-3-14(26)4-2-13;5-4(1-6,2-7)3-8/h1-11H,12H2,(H2,28,29)(H,30,33)(H2,34,35,36);6-8H,1-3,5H2. The lowest BCUT2D eigenvalue weighted by Gasteiger charge is -2.20. The third kappa shape index (κ3) is 10.4. The summed E-state index contributed by atoms with van der Waals surface area (Å²) < 4.78 is 50.2. The second-order valence-corrected chi connectivity index (χ2v) is 11.3. The van der Waals surface area contributed by atoms with Gasteiger partial charge in [0.2, 0.25) is 5.43 Å². The van der Waals surface area contributed by atoms with Crippen LogP contribution in [0.5, 0.6) is 11.5 Å². The van der Waals surface area contributed by atoms with Gasteiger partial charge in [0, 0.05) is 42.0 Å². The van der Waals surface area contributed by atoms with Crippen LogP contribution in [0.25, 0.3) is 11.1 Å². The molecule has 2 aromatic heterocycles. The van der Waals surface area contributed by atoms with E-state index in [0.29, 0.717) is 0 Å². The van der Waals surface area contributed by atoms with Crippen molar-refractivity contribution in [1.82, 2.24) is 9.55 Å². The number of pyridine rings is 2. The molecule has 252 valence electrons. The normalized spacial score (nSPS) is 11.4. The summed E-state index contributed by atoms with van der Waals surface area (Å²) in [6.45, 7) is -1.93. The van der Waals surface area contributed by atoms with Gasteiger partial charge in [0.05, 0.1) is 25.4 Å². The fourth-order valence-electron chi connectivity index (χ4n) is 3.49. The largest absolute Gasteiger partial charge is 0.471 e. The Bertz CT molecular complexity index is 1810. The molecule has 0 aliphatic heterocycles. The van der Waals surface area contributed by atoms with Crippen LogP contribution in [0.2, 0.25) is 5.02 Å². The number of anilines is 2. The Morgan fingerprint density at radius 1 is 1.02 bits per heavy atom. The fraction of sp³-hybridized carbons (Fsp3) is 0.179. The topological polar surface area (TPSA) is 253 Å². The quantitative estimate of drug-likeness (QED) is 0.105. The van der Waals surface area contributed by atoms with E-state index in [1.807, 2.05) is 0 Å². The van der Waals surface area contributed by atoms with Crippen LogP contribution in [-0.2, 0) is 15.8 Å². The first-order valence-corrected chi connectivity index (χ1v) is 15.0. The molecule has 0 bridgehead atoms. The number of aromatic nitrogens is 2. The third-order valence-corrected chi connectivity index (χ3v) is 6.92. The molecule has 19 heteroatoms. The van der Waals surface area contributed by atoms with E-state index in [2.05, 4.69) is 14.8 Å². The molecule has 1 amide bonds. The first kappa shape index (κ1) is 37.2. The maximum atomic E-state index is 14.7. The van der Waals surface area contributed by atoms with Gasteiger partial charge in [-0.15, -0.1) is 0 Å². The van der Waals surface area contributed by atoms with Crippen LogP contribution >= 0.6 is 19.4 Å². The minimum Gasteiger partial charge on any atom is -0.453 e. The third-order valence-electron chi connectivity index (χ3n) is 6.09. The number of phosphoric ester groups is 1. The number of aliphatic hydroxyl groups excluding tert-OH is 3. The number of halogens is 3. The number of phosphoric acid groups is 1. The highest BCUT2D eigenvalue weighted by Crippen LogP contribution is 2.36. The van der Waals surface area contributed by atoms with E-state index >= 15 is 0 Å². The zero-order chi connectivity index (χ0) is 34.9. The number of nitrogens with one attached hydrogen (secondary N) is 1. The summed E-state index contributed by atoms with van der Waals surface area (Å²) in [5, 5.41) is 27.4. The van der Waals surface area contributed by atoms with Crippen molar-refractivity contribution < 1.29 is 52.5 Å². The van der Waals surface area contributed by atoms with E-state index in [0.717, 1.165) is 29.0 Å². The highest BCUT2D eigenvalue weighted by atomic mass is 35.5. The van der Waals surface area contributed by atoms with Gasteiger partial charge >= 0.3 is 7.82 Å². The van der Waals surface area contributed by atoms with E-state index < -0.39 is 68.4 Å². The van der Waals surface area contributed by atoms with Gasteiger partial charge in [-0.05, 0) is 29.8 Å². The average molecular weight is 700 g/mol. The number of rotatable bonds is 11. The number of nitrogen functional groups attached to an aromatic ring is 1. The molecule has 10 N–H and O–H groups in total. The number of nitrogens with zero attached hydrogens (tertiary/aromatic N) is 2. The zero-order valence-electron chi connectivity index (χ0n) is 24.1. The molecule has 0 radical (unpaired) electrons. The Balaban J connectivity index is 0.000000665. The van der Waals surface area contributed by atoms with E-state index in [1.54, 1.807) is 0 Å². The fourth-order valence-corrected chi connectivity index (χ4v) is 3.93. The van der Waals surface area contributed by atoms with Crippen molar-refractivity contribution >= 4 is 36.8 Å². The maximum absolute atomic E-state index is 14.7. The van der Waals surface area contributed by atoms with E-state index in [1.165, 1.54) is 42.7 Å². The molecule has 0 unspecified atom stereocenters. The monoisotopic (exact) mass is 699 g/mol. The number of aliphatic hydroxyl groups is 3. The Kier molecular flexibility index (Phi) is 12.7. The number of nitrogens with two attached hydrogens (primary N) is 2. The molecule has 4 rings (SSSR count). The van der Waals surface area contributed by atoms with Crippen LogP contribution in [0.3, 0.4) is 0 Å². The predicted molar refractivity (Wildman–Crippen MR) is 165 cm³/mol. The van der Waals surface area contributed by atoms with Gasteiger partial charge in [-0.1, -0.05) is 23.7 Å². The number of hydrogen-bond donors (Lipinski definition) is 8. The Hall–Kier alpha value is -4.29. The number of amides is 1. The van der Waals surface area contributed by atoms with Gasteiger partial charge in [0.1, 0.15) is 29.0 Å². The smallest absolute Gasteiger partial charge is 0.453 e. The minimum absolute atomic E-state index is 0.0156. The van der Waals surface area contributed by atoms with Crippen LogP contribution in [0.1, 0.15) is 10.4 Å². The second kappa shape index (κ2) is 16.0. The van der Waals surface area contributed by atoms with Crippen LogP contribution in [-0.4, -0.2) is 65.9 Å². The Morgan fingerprint density at radius 2 is 1.66 bits per heavy atom. The van der Waals surface area contributed by atoms with E-state index in [9.17, 15) is 22.9 Å². The molecule has 0 aliphatic rings. The van der Waals surface area contributed by atoms with Crippen molar-refractivity contribution in [2.45, 2.75) is 12.3 Å². The molecule has 0 fully saturated rings. The first-order valence-electron chi connectivity index (χ1n) is 13.1. The summed E-state index contributed by atoms with van der Waals surface area (Å²) in [7, 11) is -4.89. The summed E-state index contributed by atoms with van der Waals surface area (Å²) >= 11 is 6.01. The van der Waals surface area contributed by atoms with Crippen molar-refractivity contribution in [2.75, 3.05) is 30.9 Å². The van der Waals surface area contributed by atoms with Gasteiger partial charge in [-0.2, -0.15) is 0 Å². The Morgan fingerprint density at radius 3 is 2.21 bits per heavy atom. The molecule has 47 heavy (non-hydrogen) atoms. The van der Waals surface area contributed by atoms with Gasteiger partial charge < -0.3 is 51.2 Å². The minimum atomic E-state index is -4.89. The van der Waals surface area contributed by atoms with Crippen molar-refractivity contribution in [3.8, 4) is 22.6 Å². The summed E-state index contributed by atoms with van der Waals surface area (Å²) in [5.74, 6) is -2.62. The molecular weight excluding hydrogens is 671 g/mol. The number of ether oxygens (including phenoxy) is 1. The molecule has 0 spiro atoms. The summed E-state index contributed by atoms with van der Waals surface area (Å²) in [6.07, 6.45) is 3.51. The number of carbonyl (C=O) groups excluding carboxylic acids is 1. The van der Waals surface area contributed by atoms with Gasteiger partial charge in [-0.3, -0.25) is 14.1 Å². The van der Waals surface area contributed by atoms with Crippen LogP contribution < -0.4 is 26.9 Å². The summed E-state index contributed by atoms with van der Waals surface area (Å²) in [6, 6.07) is 9.59. The molecule has 15 nitrogen and oxygen atoms in total. The van der Waals surface area contributed by atoms with Gasteiger partial charge in [0.15, 0.2) is 17.3 Å². The molecule has 2 heterocycles. The molecule has 4 aromatic rings. The molecule has 0 saturated heterocycles. The predicted octanol–water partition coefficient (Wildman–Crippen LogP) is 2.20. The number of carbonyl (C=O) groups is 1. The highest BCUT2D eigenvalue weighted by molar-refractivity contribution is 7.46. The Labute approximate surface area is 269 Å². The molecule has 0 atom stereocenters. The maximum Gasteiger partial charge on any atom is 0.471 e. The van der Waals surface area contributed by atoms with Crippen molar-refractivity contribution in [1.29, 1.82) is 0 Å². The van der Waals surface area contributed by atoms with Crippen molar-refractivity contribution in [3.63, 3.8) is 0 Å².